The van der Waals surface area contributed by atoms with Crippen molar-refractivity contribution in [1.82, 2.24) is 39.5 Å². The van der Waals surface area contributed by atoms with Gasteiger partial charge < -0.3 is 88.9 Å². The van der Waals surface area contributed by atoms with Crippen LogP contribution in [0.15, 0.2) is 67.0 Å². The Morgan fingerprint density at radius 3 is 1.61 bits per heavy atom. The first-order valence-electron chi connectivity index (χ1n) is 26.5. The van der Waals surface area contributed by atoms with E-state index in [0.717, 1.165) is 51.4 Å². The van der Waals surface area contributed by atoms with Gasteiger partial charge in [-0.2, -0.15) is 30.1 Å². The van der Waals surface area contributed by atoms with Crippen molar-refractivity contribution in [2.75, 3.05) is 50.3 Å². The largest absolute Gasteiger partial charge is 0.485 e. The monoisotopic (exact) mass is 1220 g/mol. The maximum atomic E-state index is 13.1. The van der Waals surface area contributed by atoms with E-state index in [9.17, 15) is 54.2 Å². The zero-order valence-corrected chi connectivity index (χ0v) is 47.2. The molecule has 0 bridgehead atoms. The Kier molecular flexibility index (Phi) is 18.8. The van der Waals surface area contributed by atoms with Crippen LogP contribution in [-0.2, 0) is 50.8 Å². The van der Waals surface area contributed by atoms with E-state index in [1.807, 2.05) is 0 Å². The third kappa shape index (κ3) is 13.0. The van der Waals surface area contributed by atoms with Crippen LogP contribution in [0.3, 0.4) is 0 Å². The summed E-state index contributed by atoms with van der Waals surface area (Å²) in [5.74, 6) is 0.922. The van der Waals surface area contributed by atoms with Crippen molar-refractivity contribution in [2.24, 2.45) is 0 Å². The molecule has 6 heterocycles. The molecule has 11 N–H and O–H groups in total. The molecule has 0 radical (unpaired) electrons. The summed E-state index contributed by atoms with van der Waals surface area (Å²) >= 11 is 12.7. The average Bonchev–Trinajstić information content (AvgIpc) is 4.53. The first-order chi connectivity index (χ1) is 39.3. The first-order valence-corrected chi connectivity index (χ1v) is 30.5. The number of anilines is 2. The molecule has 2 aromatic carbocycles. The summed E-state index contributed by atoms with van der Waals surface area (Å²) in [6, 6.07) is 15.2. The first kappa shape index (κ1) is 60.5. The minimum atomic E-state index is -5.42. The molecular formula is C50H64Cl2N10O18P2. The smallest absolute Gasteiger partial charge is 0.361 e. The molecule has 4 fully saturated rings. The quantitative estimate of drug-likeness (QED) is 0.0273. The third-order valence-corrected chi connectivity index (χ3v) is 18.4. The molecule has 10 rings (SSSR count). The van der Waals surface area contributed by atoms with Crippen LogP contribution in [0.1, 0.15) is 74.9 Å². The summed E-state index contributed by atoms with van der Waals surface area (Å²) in [5, 5.41) is 66.6. The van der Waals surface area contributed by atoms with Crippen LogP contribution >= 0.6 is 38.4 Å². The number of halogens is 2. The highest BCUT2D eigenvalue weighted by atomic mass is 35.5. The van der Waals surface area contributed by atoms with Crippen LogP contribution < -0.4 is 15.4 Å². The van der Waals surface area contributed by atoms with Gasteiger partial charge in [-0.1, -0.05) is 68.1 Å². The molecule has 28 nitrogen and oxygen atoms in total. The average molecular weight is 1230 g/mol. The Hall–Kier alpha value is -4.62. The third-order valence-electron chi connectivity index (χ3n) is 15.2. The van der Waals surface area contributed by atoms with Gasteiger partial charge >= 0.3 is 15.2 Å². The van der Waals surface area contributed by atoms with Gasteiger partial charge in [0.1, 0.15) is 47.9 Å². The molecule has 446 valence electrons. The molecule has 0 unspecified atom stereocenters. The van der Waals surface area contributed by atoms with Crippen LogP contribution in [0.25, 0.3) is 22.1 Å². The molecule has 6 aromatic rings. The fourth-order valence-electron chi connectivity index (χ4n) is 10.5. The van der Waals surface area contributed by atoms with Crippen LogP contribution in [-0.4, -0.2) is 184 Å². The number of nitrogens with one attached hydrogen (secondary N) is 2. The summed E-state index contributed by atoms with van der Waals surface area (Å²) in [6.45, 7) is -6.03. The molecule has 10 atom stereocenters. The predicted octanol–water partition coefficient (Wildman–Crippen LogP) is 3.51. The van der Waals surface area contributed by atoms with E-state index >= 15 is 0 Å². The molecule has 0 spiro atoms. The van der Waals surface area contributed by atoms with E-state index in [4.69, 9.17) is 56.4 Å². The number of hydrogen-bond donors (Lipinski definition) is 11. The van der Waals surface area contributed by atoms with Gasteiger partial charge in [-0.05, 0) is 72.1 Å². The van der Waals surface area contributed by atoms with E-state index in [-0.39, 0.29) is 52.9 Å². The number of ether oxygens (including phenoxy) is 7. The minimum absolute atomic E-state index is 0.0767. The van der Waals surface area contributed by atoms with Crippen molar-refractivity contribution < 1.29 is 87.4 Å². The molecule has 4 aromatic heterocycles. The van der Waals surface area contributed by atoms with Gasteiger partial charge in [0.25, 0.3) is 0 Å². The second kappa shape index (κ2) is 25.5. The van der Waals surface area contributed by atoms with E-state index in [2.05, 4.69) is 40.8 Å². The number of aromatic nitrogens is 8. The molecule has 82 heavy (non-hydrogen) atoms. The Labute approximate surface area is 478 Å². The van der Waals surface area contributed by atoms with Crippen LogP contribution in [0.5, 0.6) is 5.75 Å². The van der Waals surface area contributed by atoms with Gasteiger partial charge in [0.15, 0.2) is 29.9 Å². The normalized spacial score (nSPS) is 25.3. The maximum absolute atomic E-state index is 13.1. The lowest BCUT2D eigenvalue weighted by Gasteiger charge is -2.33. The lowest BCUT2D eigenvalue weighted by molar-refractivity contribution is -0.131. The summed E-state index contributed by atoms with van der Waals surface area (Å²) in [7, 11) is -10.8. The number of aliphatic hydroxyl groups is 5. The van der Waals surface area contributed by atoms with Gasteiger partial charge in [0.05, 0.1) is 76.0 Å². The van der Waals surface area contributed by atoms with E-state index in [0.29, 0.717) is 33.5 Å². The number of aliphatic hydroxyl groups excluding tert-OH is 5. The standard InChI is InChI=1S/C50H64Cl2N10O18P2/c51-47-57-41(55-30-12-4-5-13-30)33-18-53-61(43(33)59-47)45-38(66)37(65)35(79-45)22-76-49(24-63,81(68,69)70)27-75-21-29-11-8-16-32(17-29)78-40-36(23-77-50(25-64,82(71,72)73)26-74-20-28-9-2-1-3-10-28)80-46(39(40)67)62-44-34(19-54-62)42(58-48(52)60-44)56-31-14-6-7-15-31/h1-3,8-11,16-19,30-31,35-40,45-46,63-67H,4-7,12-15,20-27H2,(H,55,57,59)(H,56,58,60)(H2,68,69,70)(H2,71,72,73)/t35-,36-,37-,38-,39-,40-,45-,46-,49+,50-/m1/s1. The van der Waals surface area contributed by atoms with Crippen molar-refractivity contribution >= 4 is 72.1 Å². The fourth-order valence-corrected chi connectivity index (χ4v) is 12.2. The Balaban J connectivity index is 0.840. The van der Waals surface area contributed by atoms with Crippen molar-refractivity contribution in [1.29, 1.82) is 0 Å². The highest BCUT2D eigenvalue weighted by Gasteiger charge is 2.54. The molecule has 2 saturated carbocycles. The van der Waals surface area contributed by atoms with Crippen LogP contribution in [0.4, 0.5) is 11.6 Å². The molecular weight excluding hydrogens is 1160 g/mol. The maximum Gasteiger partial charge on any atom is 0.361 e. The molecule has 0 amide bonds. The number of rotatable bonds is 26. The number of benzene rings is 2. The van der Waals surface area contributed by atoms with E-state index in [1.54, 1.807) is 42.5 Å². The highest BCUT2D eigenvalue weighted by Crippen LogP contribution is 2.53. The number of fused-ring (bicyclic) bond motifs is 2. The lowest BCUT2D eigenvalue weighted by atomic mass is 10.1. The molecule has 2 aliphatic carbocycles. The van der Waals surface area contributed by atoms with E-state index in [1.165, 1.54) is 33.9 Å². The van der Waals surface area contributed by atoms with E-state index < -0.39 is 115 Å². The minimum Gasteiger partial charge on any atom is -0.485 e. The highest BCUT2D eigenvalue weighted by molar-refractivity contribution is 7.53. The Morgan fingerprint density at radius 1 is 0.622 bits per heavy atom. The molecule has 2 aliphatic heterocycles. The molecule has 32 heteroatoms. The lowest BCUT2D eigenvalue weighted by Crippen LogP contribution is -2.46. The fraction of sp³-hybridized carbons (Fsp3) is 0.560. The number of nitrogens with zero attached hydrogens (tertiary/aromatic N) is 8. The van der Waals surface area contributed by atoms with Gasteiger partial charge in [0.2, 0.25) is 21.3 Å². The van der Waals surface area contributed by atoms with Crippen molar-refractivity contribution in [3.8, 4) is 5.75 Å². The predicted molar refractivity (Wildman–Crippen MR) is 291 cm³/mol. The summed E-state index contributed by atoms with van der Waals surface area (Å²) in [5.41, 5.74) is 1.38. The SMILES string of the molecule is O=P(O)(O)[C@@](CO)(COCc1cccc(O[C@H]2[C@@H](O)[C@H](n3ncc4c(NC5CCCC5)nc(Cl)nc43)O[C@@H]2CO[C@@](CO)(COCc2ccccc2)P(=O)(O)O)c1)OC[C@H]1O[C@@H](n2ncc3c(NC4CCCC4)nc(Cl)nc32)[C@H](O)[C@@H]1O. The van der Waals surface area contributed by atoms with Gasteiger partial charge in [-0.15, -0.1) is 0 Å². The van der Waals surface area contributed by atoms with Crippen molar-refractivity contribution in [3.63, 3.8) is 0 Å². The summed E-state index contributed by atoms with van der Waals surface area (Å²) in [6.07, 6.45) is -1.04. The Bertz CT molecular complexity index is 3250. The van der Waals surface area contributed by atoms with Gasteiger partial charge in [-0.25, -0.2) is 9.36 Å². The summed E-state index contributed by atoms with van der Waals surface area (Å²) in [4.78, 5) is 59.9. The van der Waals surface area contributed by atoms with Crippen LogP contribution in [0, 0.1) is 0 Å². The topological polar surface area (TPSA) is 392 Å². The van der Waals surface area contributed by atoms with Crippen LogP contribution in [0.2, 0.25) is 10.6 Å². The molecule has 2 saturated heterocycles. The van der Waals surface area contributed by atoms with Gasteiger partial charge in [-0.3, -0.25) is 9.13 Å². The second-order valence-electron chi connectivity index (χ2n) is 20.8. The Morgan fingerprint density at radius 2 is 1.10 bits per heavy atom. The number of hydrogen-bond acceptors (Lipinski definition) is 22. The zero-order valence-electron chi connectivity index (χ0n) is 43.9. The zero-order chi connectivity index (χ0) is 58.0. The van der Waals surface area contributed by atoms with Crippen molar-refractivity contribution in [3.05, 3.63) is 88.7 Å². The molecule has 4 aliphatic rings. The van der Waals surface area contributed by atoms with Crippen molar-refractivity contribution in [2.45, 2.75) is 136 Å². The van der Waals surface area contributed by atoms with Gasteiger partial charge in [0, 0.05) is 12.1 Å². The second-order valence-corrected chi connectivity index (χ2v) is 25.3. The summed E-state index contributed by atoms with van der Waals surface area (Å²) < 4.78 is 70.6.